The molecule has 0 radical (unpaired) electrons. The second-order valence-electron chi connectivity index (χ2n) is 5.82. The summed E-state index contributed by atoms with van der Waals surface area (Å²) in [7, 11) is 3.49. The van der Waals surface area contributed by atoms with E-state index in [4.69, 9.17) is 0 Å². The molecule has 1 amide bonds. The summed E-state index contributed by atoms with van der Waals surface area (Å²) in [5.74, 6) is 1.36. The summed E-state index contributed by atoms with van der Waals surface area (Å²) in [5.41, 5.74) is 0. The number of nitrogens with zero attached hydrogens (tertiary/aromatic N) is 2. The van der Waals surface area contributed by atoms with Crippen molar-refractivity contribution in [2.45, 2.75) is 26.7 Å². The number of amides is 1. The van der Waals surface area contributed by atoms with Crippen molar-refractivity contribution in [3.05, 3.63) is 22.4 Å². The van der Waals surface area contributed by atoms with Gasteiger partial charge in [0, 0.05) is 32.1 Å². The number of hydrogen-bond donors (Lipinski definition) is 2. The Morgan fingerprint density at radius 1 is 1.32 bits per heavy atom. The van der Waals surface area contributed by atoms with Gasteiger partial charge in [-0.25, -0.2) is 4.99 Å². The first kappa shape index (κ1) is 18.5. The van der Waals surface area contributed by atoms with E-state index < -0.39 is 0 Å². The van der Waals surface area contributed by atoms with Gasteiger partial charge in [0.1, 0.15) is 6.54 Å². The van der Waals surface area contributed by atoms with Gasteiger partial charge in [-0.1, -0.05) is 19.9 Å². The molecule has 1 rings (SSSR count). The van der Waals surface area contributed by atoms with Gasteiger partial charge in [-0.2, -0.15) is 0 Å². The van der Waals surface area contributed by atoms with Crippen LogP contribution in [-0.4, -0.2) is 50.5 Å². The van der Waals surface area contributed by atoms with Crippen LogP contribution >= 0.6 is 11.3 Å². The lowest BCUT2D eigenvalue weighted by Gasteiger charge is -2.14. The molecule has 0 aromatic carbocycles. The second kappa shape index (κ2) is 10.2. The van der Waals surface area contributed by atoms with Crippen molar-refractivity contribution < 1.29 is 4.79 Å². The molecule has 0 aliphatic heterocycles. The molecule has 0 unspecified atom stereocenters. The summed E-state index contributed by atoms with van der Waals surface area (Å²) in [6.07, 6.45) is 2.04. The standard InChI is InChI=1S/C16H28N4OS/c1-13(2)7-9-17-16(19-12-15(21)20(3)4)18-10-8-14-6-5-11-22-14/h5-6,11,13H,7-10,12H2,1-4H3,(H2,17,18,19). The molecular weight excluding hydrogens is 296 g/mol. The van der Waals surface area contributed by atoms with Gasteiger partial charge in [0.2, 0.25) is 5.91 Å². The minimum absolute atomic E-state index is 0.00298. The summed E-state index contributed by atoms with van der Waals surface area (Å²) in [6, 6.07) is 4.19. The highest BCUT2D eigenvalue weighted by atomic mass is 32.1. The molecule has 0 atom stereocenters. The van der Waals surface area contributed by atoms with E-state index >= 15 is 0 Å². The van der Waals surface area contributed by atoms with Gasteiger partial charge >= 0.3 is 0 Å². The first-order valence-corrected chi connectivity index (χ1v) is 8.61. The molecule has 6 heteroatoms. The van der Waals surface area contributed by atoms with E-state index in [-0.39, 0.29) is 12.5 Å². The van der Waals surface area contributed by atoms with Gasteiger partial charge < -0.3 is 15.5 Å². The van der Waals surface area contributed by atoms with Crippen LogP contribution < -0.4 is 10.6 Å². The molecule has 0 saturated heterocycles. The zero-order valence-corrected chi connectivity index (χ0v) is 14.9. The predicted octanol–water partition coefficient (Wildman–Crippen LogP) is 1.96. The molecule has 0 aliphatic rings. The number of carbonyl (C=O) groups excluding carboxylic acids is 1. The van der Waals surface area contributed by atoms with Crippen molar-refractivity contribution in [3.63, 3.8) is 0 Å². The maximum atomic E-state index is 11.7. The molecular formula is C16H28N4OS. The SMILES string of the molecule is CC(C)CCNC(=NCC(=O)N(C)C)NCCc1cccs1. The Hall–Kier alpha value is -1.56. The van der Waals surface area contributed by atoms with Crippen molar-refractivity contribution in [3.8, 4) is 0 Å². The van der Waals surface area contributed by atoms with Gasteiger partial charge in [0.25, 0.3) is 0 Å². The molecule has 2 N–H and O–H groups in total. The van der Waals surface area contributed by atoms with E-state index in [0.717, 1.165) is 25.9 Å². The van der Waals surface area contributed by atoms with E-state index in [1.165, 1.54) is 4.88 Å². The van der Waals surface area contributed by atoms with Crippen LogP contribution in [0.5, 0.6) is 0 Å². The van der Waals surface area contributed by atoms with E-state index in [0.29, 0.717) is 11.9 Å². The number of likely N-dealkylation sites (N-methyl/N-ethyl adjacent to an activating group) is 1. The molecule has 1 heterocycles. The summed E-state index contributed by atoms with van der Waals surface area (Å²) >= 11 is 1.76. The second-order valence-corrected chi connectivity index (χ2v) is 6.85. The van der Waals surface area contributed by atoms with Crippen molar-refractivity contribution >= 4 is 23.2 Å². The van der Waals surface area contributed by atoms with Crippen LogP contribution in [0.4, 0.5) is 0 Å². The lowest BCUT2D eigenvalue weighted by molar-refractivity contribution is -0.127. The van der Waals surface area contributed by atoms with Crippen LogP contribution in [0.3, 0.4) is 0 Å². The average molecular weight is 324 g/mol. The topological polar surface area (TPSA) is 56.7 Å². The summed E-state index contributed by atoms with van der Waals surface area (Å²) in [4.78, 5) is 18.9. The van der Waals surface area contributed by atoms with Gasteiger partial charge in [-0.15, -0.1) is 11.3 Å². The quantitative estimate of drug-likeness (QED) is 0.568. The first-order chi connectivity index (χ1) is 10.5. The molecule has 0 bridgehead atoms. The fourth-order valence-corrected chi connectivity index (χ4v) is 2.41. The number of nitrogens with one attached hydrogen (secondary N) is 2. The molecule has 0 fully saturated rings. The average Bonchev–Trinajstić information content (AvgIpc) is 2.96. The Labute approximate surface area is 137 Å². The number of guanidine groups is 1. The Morgan fingerprint density at radius 2 is 2.05 bits per heavy atom. The highest BCUT2D eigenvalue weighted by Gasteiger charge is 2.05. The third-order valence-corrected chi connectivity index (χ3v) is 4.07. The Morgan fingerprint density at radius 3 is 2.64 bits per heavy atom. The summed E-state index contributed by atoms with van der Waals surface area (Å²) in [5, 5.41) is 8.68. The third kappa shape index (κ3) is 8.02. The molecule has 0 aliphatic carbocycles. The minimum Gasteiger partial charge on any atom is -0.356 e. The third-order valence-electron chi connectivity index (χ3n) is 3.13. The molecule has 1 aromatic heterocycles. The Kier molecular flexibility index (Phi) is 8.58. The molecule has 0 spiro atoms. The summed E-state index contributed by atoms with van der Waals surface area (Å²) < 4.78 is 0. The zero-order valence-electron chi connectivity index (χ0n) is 14.1. The van der Waals surface area contributed by atoms with Crippen LogP contribution in [0.25, 0.3) is 0 Å². The fraction of sp³-hybridized carbons (Fsp3) is 0.625. The van der Waals surface area contributed by atoms with Crippen LogP contribution in [0.1, 0.15) is 25.1 Å². The lowest BCUT2D eigenvalue weighted by atomic mass is 10.1. The van der Waals surface area contributed by atoms with Gasteiger partial charge in [-0.05, 0) is 30.2 Å². The highest BCUT2D eigenvalue weighted by molar-refractivity contribution is 7.09. The zero-order chi connectivity index (χ0) is 16.4. The van der Waals surface area contributed by atoms with Gasteiger partial charge in [0.05, 0.1) is 0 Å². The number of thiophene rings is 1. The number of carbonyl (C=O) groups is 1. The van der Waals surface area contributed by atoms with Crippen molar-refractivity contribution in [2.24, 2.45) is 10.9 Å². The van der Waals surface area contributed by atoms with Crippen LogP contribution in [-0.2, 0) is 11.2 Å². The molecule has 0 saturated carbocycles. The van der Waals surface area contributed by atoms with Crippen molar-refractivity contribution in [2.75, 3.05) is 33.7 Å². The van der Waals surface area contributed by atoms with Gasteiger partial charge in [-0.3, -0.25) is 4.79 Å². The largest absolute Gasteiger partial charge is 0.356 e. The lowest BCUT2D eigenvalue weighted by Crippen LogP contribution is -2.40. The molecule has 1 aromatic rings. The minimum atomic E-state index is 0.00298. The van der Waals surface area contributed by atoms with E-state index in [9.17, 15) is 4.79 Å². The molecule has 5 nitrogen and oxygen atoms in total. The monoisotopic (exact) mass is 324 g/mol. The fourth-order valence-electron chi connectivity index (χ4n) is 1.70. The van der Waals surface area contributed by atoms with E-state index in [1.54, 1.807) is 30.3 Å². The van der Waals surface area contributed by atoms with E-state index in [2.05, 4.69) is 47.0 Å². The van der Waals surface area contributed by atoms with Crippen molar-refractivity contribution in [1.82, 2.24) is 15.5 Å². The van der Waals surface area contributed by atoms with Crippen molar-refractivity contribution in [1.29, 1.82) is 0 Å². The molecule has 22 heavy (non-hydrogen) atoms. The molecule has 124 valence electrons. The Balaban J connectivity index is 2.45. The maximum Gasteiger partial charge on any atom is 0.243 e. The highest BCUT2D eigenvalue weighted by Crippen LogP contribution is 2.07. The Bertz CT molecular complexity index is 455. The predicted molar refractivity (Wildman–Crippen MR) is 94.5 cm³/mol. The first-order valence-electron chi connectivity index (χ1n) is 7.73. The number of hydrogen-bond acceptors (Lipinski definition) is 3. The number of rotatable bonds is 8. The maximum absolute atomic E-state index is 11.7. The summed E-state index contributed by atoms with van der Waals surface area (Å²) in [6.45, 7) is 6.22. The van der Waals surface area contributed by atoms with Crippen LogP contribution in [0, 0.1) is 5.92 Å². The van der Waals surface area contributed by atoms with Gasteiger partial charge in [0.15, 0.2) is 5.96 Å². The van der Waals surface area contributed by atoms with Crippen LogP contribution in [0.15, 0.2) is 22.5 Å². The van der Waals surface area contributed by atoms with Crippen LogP contribution in [0.2, 0.25) is 0 Å². The normalized spacial score (nSPS) is 11.6. The smallest absolute Gasteiger partial charge is 0.243 e. The van der Waals surface area contributed by atoms with E-state index in [1.807, 2.05) is 0 Å². The number of aliphatic imine (C=N–C) groups is 1.